The molecule has 2 N–H and O–H groups in total. The predicted molar refractivity (Wildman–Crippen MR) is 96.0 cm³/mol. The Labute approximate surface area is 144 Å². The van der Waals surface area contributed by atoms with Gasteiger partial charge in [-0.05, 0) is 65.5 Å². The Balaban J connectivity index is 1.89. The topological polar surface area (TPSA) is 50.4 Å². The van der Waals surface area contributed by atoms with E-state index in [1.807, 2.05) is 32.1 Å². The third kappa shape index (κ3) is 5.50. The molecule has 1 fully saturated rings. The second kappa shape index (κ2) is 7.67. The van der Waals surface area contributed by atoms with Crippen LogP contribution in [0.4, 0.5) is 4.79 Å². The van der Waals surface area contributed by atoms with E-state index in [1.165, 1.54) is 9.75 Å². The van der Waals surface area contributed by atoms with Crippen LogP contribution in [0.15, 0.2) is 12.1 Å². The summed E-state index contributed by atoms with van der Waals surface area (Å²) in [6.07, 6.45) is 4.01. The molecule has 3 unspecified atom stereocenters. The number of thiophene rings is 1. The summed E-state index contributed by atoms with van der Waals surface area (Å²) in [7, 11) is 0. The van der Waals surface area contributed by atoms with Gasteiger partial charge in [-0.1, -0.05) is 6.92 Å². The van der Waals surface area contributed by atoms with Gasteiger partial charge >= 0.3 is 6.09 Å². The number of aryl methyl sites for hydroxylation is 1. The molecule has 1 aliphatic carbocycles. The zero-order valence-electron chi connectivity index (χ0n) is 14.9. The van der Waals surface area contributed by atoms with E-state index in [0.717, 1.165) is 25.7 Å². The first kappa shape index (κ1) is 18.3. The SMILES string of the molecule is CCc1ccc(C(C)NC2CCCC2NC(=O)OC(C)(C)C)s1. The quantitative estimate of drug-likeness (QED) is 0.836. The number of nitrogens with one attached hydrogen (secondary N) is 2. The average Bonchev–Trinajstić information content (AvgIpc) is 3.06. The van der Waals surface area contributed by atoms with Gasteiger partial charge in [-0.25, -0.2) is 4.79 Å². The number of ether oxygens (including phenoxy) is 1. The summed E-state index contributed by atoms with van der Waals surface area (Å²) in [5.41, 5.74) is -0.452. The molecule has 1 saturated carbocycles. The molecule has 0 aromatic carbocycles. The molecular weight excluding hydrogens is 308 g/mol. The van der Waals surface area contributed by atoms with Crippen molar-refractivity contribution in [3.05, 3.63) is 21.9 Å². The lowest BCUT2D eigenvalue weighted by molar-refractivity contribution is 0.0497. The normalized spacial score (nSPS) is 22.8. The van der Waals surface area contributed by atoms with Crippen LogP contribution in [0.2, 0.25) is 0 Å². The van der Waals surface area contributed by atoms with Crippen molar-refractivity contribution in [3.8, 4) is 0 Å². The van der Waals surface area contributed by atoms with Gasteiger partial charge in [-0.2, -0.15) is 0 Å². The minimum absolute atomic E-state index is 0.151. The molecule has 1 aliphatic rings. The van der Waals surface area contributed by atoms with Crippen molar-refractivity contribution in [1.29, 1.82) is 0 Å². The lowest BCUT2D eigenvalue weighted by Gasteiger charge is -2.27. The van der Waals surface area contributed by atoms with Crippen LogP contribution in [0.25, 0.3) is 0 Å². The summed E-state index contributed by atoms with van der Waals surface area (Å²) in [6, 6.07) is 5.20. The second-order valence-corrected chi connectivity index (χ2v) is 8.54. The summed E-state index contributed by atoms with van der Waals surface area (Å²) >= 11 is 1.87. The maximum Gasteiger partial charge on any atom is 0.407 e. The first-order valence-corrected chi connectivity index (χ1v) is 9.44. The molecule has 1 heterocycles. The van der Waals surface area contributed by atoms with Crippen LogP contribution in [-0.2, 0) is 11.2 Å². The van der Waals surface area contributed by atoms with Gasteiger partial charge in [0.05, 0.1) is 0 Å². The number of hydrogen-bond donors (Lipinski definition) is 2. The fraction of sp³-hybridized carbons (Fsp3) is 0.722. The van der Waals surface area contributed by atoms with E-state index in [1.54, 1.807) is 0 Å². The smallest absolute Gasteiger partial charge is 0.407 e. The monoisotopic (exact) mass is 338 g/mol. The summed E-state index contributed by atoms with van der Waals surface area (Å²) < 4.78 is 5.38. The Morgan fingerprint density at radius 1 is 1.35 bits per heavy atom. The highest BCUT2D eigenvalue weighted by atomic mass is 32.1. The molecule has 0 spiro atoms. The Bertz CT molecular complexity index is 521. The Morgan fingerprint density at radius 2 is 2.04 bits per heavy atom. The van der Waals surface area contributed by atoms with Gasteiger partial charge in [0.25, 0.3) is 0 Å². The number of carbonyl (C=O) groups is 1. The minimum atomic E-state index is -0.452. The van der Waals surface area contributed by atoms with Gasteiger partial charge < -0.3 is 15.4 Å². The predicted octanol–water partition coefficient (Wildman–Crippen LogP) is 4.41. The van der Waals surface area contributed by atoms with E-state index in [9.17, 15) is 4.79 Å². The molecule has 0 aliphatic heterocycles. The molecule has 0 radical (unpaired) electrons. The zero-order valence-corrected chi connectivity index (χ0v) is 15.8. The fourth-order valence-electron chi connectivity index (χ4n) is 3.01. The van der Waals surface area contributed by atoms with E-state index >= 15 is 0 Å². The maximum atomic E-state index is 12.0. The van der Waals surface area contributed by atoms with Crippen molar-refractivity contribution in [1.82, 2.24) is 10.6 Å². The molecule has 0 saturated heterocycles. The van der Waals surface area contributed by atoms with Crippen LogP contribution in [0.5, 0.6) is 0 Å². The van der Waals surface area contributed by atoms with Crippen LogP contribution in [-0.4, -0.2) is 23.8 Å². The van der Waals surface area contributed by atoms with Crippen molar-refractivity contribution in [3.63, 3.8) is 0 Å². The molecule has 2 rings (SSSR count). The molecule has 1 aromatic heterocycles. The lowest BCUT2D eigenvalue weighted by atomic mass is 10.1. The Kier molecular flexibility index (Phi) is 6.09. The lowest BCUT2D eigenvalue weighted by Crippen LogP contribution is -2.48. The highest BCUT2D eigenvalue weighted by Gasteiger charge is 2.31. The summed E-state index contributed by atoms with van der Waals surface area (Å²) in [4.78, 5) is 14.8. The zero-order chi connectivity index (χ0) is 17.0. The largest absolute Gasteiger partial charge is 0.444 e. The van der Waals surface area contributed by atoms with Gasteiger partial charge in [0, 0.05) is 27.9 Å². The third-order valence-corrected chi connectivity index (χ3v) is 5.55. The standard InChI is InChI=1S/C18H30N2O2S/c1-6-13-10-11-16(23-13)12(2)19-14-8-7-9-15(14)20-17(21)22-18(3,4)5/h10-12,14-15,19H,6-9H2,1-5H3,(H,20,21). The number of rotatable bonds is 5. The van der Waals surface area contributed by atoms with E-state index in [4.69, 9.17) is 4.74 Å². The van der Waals surface area contributed by atoms with Crippen LogP contribution in [0, 0.1) is 0 Å². The van der Waals surface area contributed by atoms with E-state index in [2.05, 4.69) is 36.6 Å². The Morgan fingerprint density at radius 3 is 2.65 bits per heavy atom. The van der Waals surface area contributed by atoms with E-state index < -0.39 is 5.60 Å². The Hall–Kier alpha value is -1.07. The number of carbonyl (C=O) groups excluding carboxylic acids is 1. The molecule has 23 heavy (non-hydrogen) atoms. The molecule has 4 nitrogen and oxygen atoms in total. The van der Waals surface area contributed by atoms with Crippen LogP contribution < -0.4 is 10.6 Å². The van der Waals surface area contributed by atoms with Crippen molar-refractivity contribution in [2.24, 2.45) is 0 Å². The summed E-state index contributed by atoms with van der Waals surface area (Å²) in [6.45, 7) is 10.1. The molecule has 5 heteroatoms. The first-order valence-electron chi connectivity index (χ1n) is 8.62. The van der Waals surface area contributed by atoms with Gasteiger partial charge in [0.15, 0.2) is 0 Å². The number of hydrogen-bond acceptors (Lipinski definition) is 4. The second-order valence-electron chi connectivity index (χ2n) is 7.34. The van der Waals surface area contributed by atoms with Crippen LogP contribution in [0.3, 0.4) is 0 Å². The average molecular weight is 339 g/mol. The van der Waals surface area contributed by atoms with Gasteiger partial charge in [0.1, 0.15) is 5.60 Å². The first-order chi connectivity index (χ1) is 10.8. The van der Waals surface area contributed by atoms with Crippen molar-refractivity contribution >= 4 is 17.4 Å². The van der Waals surface area contributed by atoms with Crippen molar-refractivity contribution < 1.29 is 9.53 Å². The minimum Gasteiger partial charge on any atom is -0.444 e. The highest BCUT2D eigenvalue weighted by molar-refractivity contribution is 7.12. The van der Waals surface area contributed by atoms with Crippen LogP contribution in [0.1, 0.15) is 69.7 Å². The summed E-state index contributed by atoms with van der Waals surface area (Å²) in [5, 5.41) is 6.73. The summed E-state index contributed by atoms with van der Waals surface area (Å²) in [5.74, 6) is 0. The fourth-order valence-corrected chi connectivity index (χ4v) is 3.98. The number of amides is 1. The van der Waals surface area contributed by atoms with E-state index in [-0.39, 0.29) is 12.1 Å². The molecule has 130 valence electrons. The molecular formula is C18H30N2O2S. The van der Waals surface area contributed by atoms with Crippen molar-refractivity contribution in [2.45, 2.75) is 84.0 Å². The molecule has 1 aromatic rings. The molecule has 3 atom stereocenters. The van der Waals surface area contributed by atoms with Crippen molar-refractivity contribution in [2.75, 3.05) is 0 Å². The third-order valence-electron chi connectivity index (χ3n) is 4.14. The number of alkyl carbamates (subject to hydrolysis) is 1. The highest BCUT2D eigenvalue weighted by Crippen LogP contribution is 2.27. The van der Waals surface area contributed by atoms with Crippen LogP contribution >= 0.6 is 11.3 Å². The van der Waals surface area contributed by atoms with Gasteiger partial charge in [-0.15, -0.1) is 11.3 Å². The van der Waals surface area contributed by atoms with Gasteiger partial charge in [0.2, 0.25) is 0 Å². The van der Waals surface area contributed by atoms with Gasteiger partial charge in [-0.3, -0.25) is 0 Å². The maximum absolute atomic E-state index is 12.0. The molecule has 0 bridgehead atoms. The molecule has 1 amide bonds. The van der Waals surface area contributed by atoms with E-state index in [0.29, 0.717) is 12.1 Å².